The molecule has 6 nitrogen and oxygen atoms in total. The van der Waals surface area contributed by atoms with Crippen LogP contribution in [0, 0.1) is 0 Å². The summed E-state index contributed by atoms with van der Waals surface area (Å²) < 4.78 is 0. The zero-order chi connectivity index (χ0) is 0. The maximum absolute atomic E-state index is 0. The van der Waals surface area contributed by atoms with Crippen molar-refractivity contribution in [3.05, 3.63) is 0 Å². The Kier molecular flexibility index (Phi) is 33700000. The third kappa shape index (κ3) is 15100. The highest BCUT2D eigenvalue weighted by Crippen LogP contribution is 0.425. The van der Waals surface area contributed by atoms with Crippen molar-refractivity contribution in [2.45, 2.75) is 0 Å². The Morgan fingerprint density at radius 2 is 0.286 bits per heavy atom. The van der Waals surface area contributed by atoms with Gasteiger partial charge in [0.1, 0.15) is 0 Å². The van der Waals surface area contributed by atoms with Crippen molar-refractivity contribution < 1.29 is 61.1 Å². The van der Waals surface area contributed by atoms with E-state index in [9.17, 15) is 0 Å². The molecule has 14 heteroatoms. The van der Waals surface area contributed by atoms with Crippen molar-refractivity contribution in [1.82, 2.24) is 0 Å². The van der Waals surface area contributed by atoms with Crippen LogP contribution in [0.4, 0.5) is 28.2 Å². The first-order chi connectivity index (χ1) is 0. The van der Waals surface area contributed by atoms with Crippen LogP contribution < -0.4 is 0 Å². The molecule has 0 amide bonds. The summed E-state index contributed by atoms with van der Waals surface area (Å²) in [5.74, 6) is 0. The molecule has 108 valence electrons. The Morgan fingerprint density at radius 1 is 0.286 bits per heavy atom. The molecule has 0 spiro atoms. The molecule has 0 aliphatic heterocycles. The van der Waals surface area contributed by atoms with Crippen LogP contribution in [0.2, 0.25) is 0 Å². The van der Waals surface area contributed by atoms with Gasteiger partial charge in [0.2, 0.25) is 0 Å². The van der Waals surface area contributed by atoms with Crippen LogP contribution >= 0.6 is 0 Å². The predicted molar refractivity (Wildman–Crippen MR) is 56.6 cm³/mol. The summed E-state index contributed by atoms with van der Waals surface area (Å²) in [6.45, 7) is 0. The molecule has 12 N–H and O–H groups in total. The van der Waals surface area contributed by atoms with Crippen LogP contribution in [0.3, 0.4) is 0 Å². The Labute approximate surface area is 95.7 Å². The minimum atomic E-state index is 0. The van der Waals surface area contributed by atoms with E-state index < -0.39 is 0 Å². The highest BCUT2D eigenvalue weighted by molar-refractivity contribution is 5.76. The summed E-state index contributed by atoms with van der Waals surface area (Å²) in [5.41, 5.74) is 0. The maximum Gasteiger partial charge on any atom is 0.316 e. The molecule has 0 aromatic rings. The Morgan fingerprint density at radius 3 is 0.286 bits per heavy atom. The molecular weight excluding hydrogens is 262 g/mol. The third-order valence-electron chi connectivity index (χ3n) is 0. The molecule has 0 unspecified atom stereocenters. The normalized spacial score (nSPS) is 0. The zero-order valence-electron chi connectivity index (χ0n) is 5.45. The molecule has 0 atom stereocenters. The Hall–Kier alpha value is 0.323. The molecule has 0 radical (unpaired) electrons. The number of hydrogen-bond donors (Lipinski definition) is 0. The van der Waals surface area contributed by atoms with Crippen LogP contribution in [0.25, 0.3) is 0 Å². The van der Waals surface area contributed by atoms with Crippen LogP contribution in [-0.4, -0.2) is 66.9 Å². The lowest BCUT2D eigenvalue weighted by Crippen LogP contribution is -0.382. The SMILES string of the molecule is F.F.F.F.F.F.O.O.O.O.O.O.[MgH2].[SiH4]. The second kappa shape index (κ2) is 19400. The van der Waals surface area contributed by atoms with Crippen molar-refractivity contribution in [2.75, 3.05) is 0 Å². The second-order valence-electron chi connectivity index (χ2n) is 0. The van der Waals surface area contributed by atoms with E-state index >= 15 is 0 Å². The standard InChI is InChI=1S/6FH.Mg.6H2O.H4Si.2H/h6*1H;;6*1H2;1H4;;. The van der Waals surface area contributed by atoms with Gasteiger partial charge in [-0.3, -0.25) is 28.2 Å². The molecule has 14 heavy (non-hydrogen) atoms. The van der Waals surface area contributed by atoms with Gasteiger partial charge in [-0.05, 0) is 11.0 Å². The zero-order valence-corrected chi connectivity index (χ0v) is 5.45. The number of halogens is 6. The molecule has 0 fully saturated rings. The Bertz CT molecular complexity index is 22.3. The van der Waals surface area contributed by atoms with E-state index in [1.807, 2.05) is 0 Å². The van der Waals surface area contributed by atoms with Crippen LogP contribution in [-0.2, 0) is 0 Å². The fourth-order valence-electron chi connectivity index (χ4n) is 0. The predicted octanol–water partition coefficient (Wildman–Crippen LogP) is -6.40. The van der Waals surface area contributed by atoms with Crippen LogP contribution in [0.5, 0.6) is 0 Å². The summed E-state index contributed by atoms with van der Waals surface area (Å²) in [6.07, 6.45) is 0. The lowest BCUT2D eigenvalue weighted by Gasteiger charge is -0.413. The molecular formula is H24F6MgO6Si. The average molecular weight is 287 g/mol. The second-order valence-corrected chi connectivity index (χ2v) is 0. The van der Waals surface area contributed by atoms with Gasteiger partial charge >= 0.3 is 23.1 Å². The van der Waals surface area contributed by atoms with E-state index in [2.05, 4.69) is 0 Å². The summed E-state index contributed by atoms with van der Waals surface area (Å²) >= 11 is 0. The van der Waals surface area contributed by atoms with E-state index in [1.165, 1.54) is 0 Å². The quantitative estimate of drug-likeness (QED) is 0.302. The van der Waals surface area contributed by atoms with Gasteiger partial charge in [-0.25, -0.2) is 0 Å². The van der Waals surface area contributed by atoms with Gasteiger partial charge in [0.25, 0.3) is 0 Å². The summed E-state index contributed by atoms with van der Waals surface area (Å²) in [4.78, 5) is 0. The lowest BCUT2D eigenvalue weighted by molar-refractivity contribution is 0.823. The minimum absolute atomic E-state index is 0. The van der Waals surface area contributed by atoms with Gasteiger partial charge in [-0.15, -0.1) is 0 Å². The van der Waals surface area contributed by atoms with E-state index in [4.69, 9.17) is 0 Å². The fourth-order valence-corrected chi connectivity index (χ4v) is 0. The molecule has 0 aliphatic rings. The van der Waals surface area contributed by atoms with Gasteiger partial charge in [-0.1, -0.05) is 0 Å². The number of rotatable bonds is 0. The monoisotopic (exact) mass is 286 g/mol. The topological polar surface area (TPSA) is 189 Å². The van der Waals surface area contributed by atoms with Gasteiger partial charge in [0, 0.05) is 0 Å². The van der Waals surface area contributed by atoms with Gasteiger partial charge in [0.15, 0.2) is 0 Å². The van der Waals surface area contributed by atoms with E-state index in [-0.39, 0.29) is 95.1 Å². The van der Waals surface area contributed by atoms with Crippen molar-refractivity contribution in [3.8, 4) is 0 Å². The highest BCUT2D eigenvalue weighted by Gasteiger charge is 0.316. The number of hydrogen-bond acceptors (Lipinski definition) is 0. The largest absolute Gasteiger partial charge is 0.412 e. The van der Waals surface area contributed by atoms with Gasteiger partial charge < -0.3 is 32.9 Å². The van der Waals surface area contributed by atoms with Crippen LogP contribution in [0.1, 0.15) is 0 Å². The first kappa shape index (κ1) is 24400. The fraction of sp³-hybridized carbons (Fsp3) is 0. The summed E-state index contributed by atoms with van der Waals surface area (Å²) in [6, 6.07) is 0. The summed E-state index contributed by atoms with van der Waals surface area (Å²) in [5, 5.41) is 0. The van der Waals surface area contributed by atoms with Gasteiger partial charge in [-0.2, -0.15) is 0 Å². The molecule has 0 saturated heterocycles. The molecule has 0 rings (SSSR count). The van der Waals surface area contributed by atoms with E-state index in [0.29, 0.717) is 0 Å². The average Bonchev–Trinajstić information content (AvgIpc) is 0. The van der Waals surface area contributed by atoms with Crippen molar-refractivity contribution in [3.63, 3.8) is 0 Å². The van der Waals surface area contributed by atoms with E-state index in [1.54, 1.807) is 0 Å². The molecule has 0 bridgehead atoms. The molecule has 0 aromatic heterocycles. The first-order valence-corrected chi connectivity index (χ1v) is 0. The third-order valence-corrected chi connectivity index (χ3v) is 0. The molecule has 0 saturated carbocycles. The summed E-state index contributed by atoms with van der Waals surface area (Å²) in [7, 11) is 0. The minimum Gasteiger partial charge on any atom is -0.412 e. The van der Waals surface area contributed by atoms with Crippen LogP contribution in [0.15, 0.2) is 0 Å². The van der Waals surface area contributed by atoms with Crippen molar-refractivity contribution in [2.24, 2.45) is 0 Å². The molecule has 0 heterocycles. The van der Waals surface area contributed by atoms with Crippen molar-refractivity contribution >= 4 is 34.0 Å². The Balaban J connectivity index is 0. The van der Waals surface area contributed by atoms with E-state index in [0.717, 1.165) is 0 Å². The highest BCUT2D eigenvalue weighted by atomic mass is 28.1. The first-order valence-electron chi connectivity index (χ1n) is 0. The maximum atomic E-state index is 0. The lowest BCUT2D eigenvalue weighted by atomic mass is 16.0. The molecule has 0 aliphatic carbocycles. The van der Waals surface area contributed by atoms with Crippen molar-refractivity contribution in [1.29, 1.82) is 0 Å². The molecule has 0 aromatic carbocycles. The van der Waals surface area contributed by atoms with Gasteiger partial charge in [0.05, 0.1) is 0 Å². The smallest absolute Gasteiger partial charge is 0.316 e.